The summed E-state index contributed by atoms with van der Waals surface area (Å²) in [6, 6.07) is 0. The summed E-state index contributed by atoms with van der Waals surface area (Å²) in [4.78, 5) is 14.1. The lowest BCUT2D eigenvalue weighted by Crippen LogP contribution is -1.96. The largest absolute Gasteiger partial charge is 0.396 e. The molecule has 0 amide bonds. The van der Waals surface area contributed by atoms with Crippen molar-refractivity contribution in [2.75, 3.05) is 12.4 Å². The Balaban J connectivity index is 2.88. The Hall–Kier alpha value is -1.08. The van der Waals surface area contributed by atoms with Gasteiger partial charge >= 0.3 is 5.82 Å². The summed E-state index contributed by atoms with van der Waals surface area (Å²) in [5.41, 5.74) is 0. The van der Waals surface area contributed by atoms with E-state index in [1.807, 2.05) is 0 Å². The molecule has 0 unspecified atom stereocenters. The average molecular weight is 231 g/mol. The van der Waals surface area contributed by atoms with E-state index < -0.39 is 4.92 Å². The minimum absolute atomic E-state index is 0.0949. The number of rotatable bonds is 5. The summed E-state index contributed by atoms with van der Waals surface area (Å²) in [5.74, 6) is 1.17. The molecule has 0 aromatic carbocycles. The zero-order valence-corrected chi connectivity index (χ0v) is 9.45. The predicted molar refractivity (Wildman–Crippen MR) is 57.0 cm³/mol. The number of aryl methyl sites for hydroxylation is 1. The van der Waals surface area contributed by atoms with Gasteiger partial charge in [0.05, 0.1) is 0 Å². The van der Waals surface area contributed by atoms with Crippen molar-refractivity contribution in [3.05, 3.63) is 15.9 Å². The molecule has 0 aliphatic rings. The second-order valence-electron chi connectivity index (χ2n) is 3.03. The van der Waals surface area contributed by atoms with Gasteiger partial charge in [-0.15, -0.1) is 0 Å². The van der Waals surface area contributed by atoms with E-state index in [0.717, 1.165) is 0 Å². The maximum atomic E-state index is 10.7. The molecule has 1 aromatic heterocycles. The molecule has 1 rings (SSSR count). The minimum Gasteiger partial charge on any atom is -0.396 e. The monoisotopic (exact) mass is 231 g/mol. The van der Waals surface area contributed by atoms with Gasteiger partial charge in [0, 0.05) is 26.3 Å². The number of imidazole rings is 1. The summed E-state index contributed by atoms with van der Waals surface area (Å²) >= 11 is 1.35. The lowest BCUT2D eigenvalue weighted by molar-refractivity contribution is -0.392. The number of hydrogen-bond acceptors (Lipinski definition) is 5. The fourth-order valence-corrected chi connectivity index (χ4v) is 2.13. The van der Waals surface area contributed by atoms with Crippen LogP contribution in [0.2, 0.25) is 0 Å². The van der Waals surface area contributed by atoms with Gasteiger partial charge in [-0.25, -0.2) is 0 Å². The Kier molecular flexibility index (Phi) is 4.10. The number of nitro groups is 1. The highest BCUT2D eigenvalue weighted by Crippen LogP contribution is 2.29. The second kappa shape index (κ2) is 5.13. The molecular formula is C8H13N3O3S. The van der Waals surface area contributed by atoms with Crippen molar-refractivity contribution in [3.63, 3.8) is 0 Å². The molecule has 0 bridgehead atoms. The van der Waals surface area contributed by atoms with Gasteiger partial charge in [0.1, 0.15) is 0 Å². The van der Waals surface area contributed by atoms with Crippen LogP contribution in [0.3, 0.4) is 0 Å². The standard InChI is InChI=1S/C8H13N3O3S/c1-6-9-7(11(13)14)8(10(6)2)15-5-3-4-12/h12H,3-5H2,1-2H3. The van der Waals surface area contributed by atoms with E-state index in [1.54, 1.807) is 18.5 Å². The first-order chi connectivity index (χ1) is 7.07. The minimum atomic E-state index is -0.478. The molecule has 0 saturated carbocycles. The van der Waals surface area contributed by atoms with Gasteiger partial charge < -0.3 is 15.2 Å². The molecule has 7 heteroatoms. The third-order valence-electron chi connectivity index (χ3n) is 1.96. The normalized spacial score (nSPS) is 10.6. The van der Waals surface area contributed by atoms with Gasteiger partial charge in [0.15, 0.2) is 5.03 Å². The fourth-order valence-electron chi connectivity index (χ4n) is 1.09. The molecule has 0 atom stereocenters. The van der Waals surface area contributed by atoms with Crippen molar-refractivity contribution in [1.29, 1.82) is 0 Å². The Morgan fingerprint density at radius 1 is 1.67 bits per heavy atom. The topological polar surface area (TPSA) is 81.2 Å². The molecule has 84 valence electrons. The number of aromatic nitrogens is 2. The SMILES string of the molecule is Cc1nc([N+](=O)[O-])c(SCCCO)n1C. The highest BCUT2D eigenvalue weighted by molar-refractivity contribution is 7.99. The second-order valence-corrected chi connectivity index (χ2v) is 4.11. The van der Waals surface area contributed by atoms with Gasteiger partial charge in [0.2, 0.25) is 5.82 Å². The van der Waals surface area contributed by atoms with Crippen LogP contribution in [0.4, 0.5) is 5.82 Å². The van der Waals surface area contributed by atoms with Crippen molar-refractivity contribution in [2.45, 2.75) is 18.4 Å². The first-order valence-electron chi connectivity index (χ1n) is 4.49. The molecule has 0 spiro atoms. The van der Waals surface area contributed by atoms with E-state index in [-0.39, 0.29) is 12.4 Å². The predicted octanol–water partition coefficient (Wildman–Crippen LogP) is 1.11. The van der Waals surface area contributed by atoms with Crippen LogP contribution in [0.1, 0.15) is 12.2 Å². The Bertz CT molecular complexity index is 364. The van der Waals surface area contributed by atoms with Crippen molar-refractivity contribution in [3.8, 4) is 0 Å². The van der Waals surface area contributed by atoms with Crippen LogP contribution in [0, 0.1) is 17.0 Å². The molecule has 0 fully saturated rings. The van der Waals surface area contributed by atoms with E-state index in [4.69, 9.17) is 5.11 Å². The lowest BCUT2D eigenvalue weighted by atomic mass is 10.5. The Morgan fingerprint density at radius 3 is 2.87 bits per heavy atom. The summed E-state index contributed by atoms with van der Waals surface area (Å²) in [7, 11) is 1.75. The summed E-state index contributed by atoms with van der Waals surface area (Å²) < 4.78 is 1.69. The maximum Gasteiger partial charge on any atom is 0.396 e. The van der Waals surface area contributed by atoms with Crippen molar-refractivity contribution >= 4 is 17.6 Å². The van der Waals surface area contributed by atoms with Gasteiger partial charge in [-0.3, -0.25) is 4.57 Å². The summed E-state index contributed by atoms with van der Waals surface area (Å²) in [5, 5.41) is 19.9. The van der Waals surface area contributed by atoms with Crippen LogP contribution in [-0.4, -0.2) is 31.9 Å². The van der Waals surface area contributed by atoms with E-state index in [1.165, 1.54) is 11.8 Å². The number of aliphatic hydroxyl groups excluding tert-OH is 1. The highest BCUT2D eigenvalue weighted by Gasteiger charge is 2.23. The molecule has 1 heterocycles. The van der Waals surface area contributed by atoms with Gasteiger partial charge in [-0.05, 0) is 16.3 Å². The first kappa shape index (κ1) is 12.0. The zero-order valence-electron chi connectivity index (χ0n) is 8.63. The maximum absolute atomic E-state index is 10.7. The quantitative estimate of drug-likeness (QED) is 0.355. The fraction of sp³-hybridized carbons (Fsp3) is 0.625. The Labute approximate surface area is 91.5 Å². The first-order valence-corrected chi connectivity index (χ1v) is 5.48. The molecule has 1 N–H and O–H groups in total. The summed E-state index contributed by atoms with van der Waals surface area (Å²) in [6.07, 6.45) is 0.617. The molecule has 15 heavy (non-hydrogen) atoms. The Morgan fingerprint density at radius 2 is 2.33 bits per heavy atom. The molecule has 0 saturated heterocycles. The van der Waals surface area contributed by atoms with Crippen molar-refractivity contribution < 1.29 is 10.0 Å². The van der Waals surface area contributed by atoms with Crippen LogP contribution in [0.15, 0.2) is 5.03 Å². The third-order valence-corrected chi connectivity index (χ3v) is 3.19. The number of aliphatic hydroxyl groups is 1. The smallest absolute Gasteiger partial charge is 0.396 e. The molecule has 0 radical (unpaired) electrons. The van der Waals surface area contributed by atoms with E-state index >= 15 is 0 Å². The van der Waals surface area contributed by atoms with E-state index in [2.05, 4.69) is 4.98 Å². The highest BCUT2D eigenvalue weighted by atomic mass is 32.2. The van der Waals surface area contributed by atoms with E-state index in [9.17, 15) is 10.1 Å². The van der Waals surface area contributed by atoms with Gasteiger partial charge in [0.25, 0.3) is 0 Å². The van der Waals surface area contributed by atoms with Crippen LogP contribution >= 0.6 is 11.8 Å². The third kappa shape index (κ3) is 2.69. The molecule has 1 aromatic rings. The van der Waals surface area contributed by atoms with Crippen LogP contribution in [0.25, 0.3) is 0 Å². The molecular weight excluding hydrogens is 218 g/mol. The zero-order chi connectivity index (χ0) is 11.4. The van der Waals surface area contributed by atoms with Gasteiger partial charge in [-0.1, -0.05) is 11.8 Å². The number of hydrogen-bond donors (Lipinski definition) is 1. The number of nitrogens with zero attached hydrogens (tertiary/aromatic N) is 3. The molecule has 0 aliphatic carbocycles. The van der Waals surface area contributed by atoms with Crippen LogP contribution in [-0.2, 0) is 7.05 Å². The molecule has 6 nitrogen and oxygen atoms in total. The van der Waals surface area contributed by atoms with Gasteiger partial charge in [-0.2, -0.15) is 0 Å². The number of thioether (sulfide) groups is 1. The van der Waals surface area contributed by atoms with Crippen molar-refractivity contribution in [2.24, 2.45) is 7.05 Å². The van der Waals surface area contributed by atoms with Crippen molar-refractivity contribution in [1.82, 2.24) is 9.55 Å². The average Bonchev–Trinajstić information content (AvgIpc) is 2.46. The van der Waals surface area contributed by atoms with Crippen LogP contribution < -0.4 is 0 Å². The molecule has 0 aliphatic heterocycles. The van der Waals surface area contributed by atoms with E-state index in [0.29, 0.717) is 23.0 Å². The summed E-state index contributed by atoms with van der Waals surface area (Å²) in [6.45, 7) is 1.82. The van der Waals surface area contributed by atoms with Crippen LogP contribution in [0.5, 0.6) is 0 Å². The lowest BCUT2D eigenvalue weighted by Gasteiger charge is -2.00.